The molecule has 0 atom stereocenters. The van der Waals surface area contributed by atoms with E-state index in [1.807, 2.05) is 30.3 Å². The van der Waals surface area contributed by atoms with Crippen LogP contribution in [0.1, 0.15) is 39.5 Å². The molecule has 0 amide bonds. The van der Waals surface area contributed by atoms with E-state index in [1.165, 1.54) is 11.8 Å². The van der Waals surface area contributed by atoms with Crippen molar-refractivity contribution in [2.75, 3.05) is 13.2 Å². The summed E-state index contributed by atoms with van der Waals surface area (Å²) in [5.41, 5.74) is 0.371. The van der Waals surface area contributed by atoms with Gasteiger partial charge in [-0.05, 0) is 25.0 Å². The van der Waals surface area contributed by atoms with E-state index >= 15 is 0 Å². The average molecular weight is 537 g/mol. The number of halogens is 7. The van der Waals surface area contributed by atoms with Crippen LogP contribution in [0.3, 0.4) is 0 Å². The van der Waals surface area contributed by atoms with Gasteiger partial charge >= 0.3 is 38.7 Å². The standard InChI is InChI=1S/C20H24ClN2O2S.F6P/c1-3-5-11-24-17-14-20(26-19-10-8-7-9-15(19)21)18(13-16(17)23-22)25-12-6-4-2;1-7(2,3,4,5)6/h7-10,13-14H,3-6,11-12H2,1-2H3;/q+1;-1. The summed E-state index contributed by atoms with van der Waals surface area (Å²) in [4.78, 5) is 5.18. The third-order valence-corrected chi connectivity index (χ3v) is 5.26. The minimum atomic E-state index is -10.7. The first-order valence-corrected chi connectivity index (χ1v) is 13.1. The van der Waals surface area contributed by atoms with Gasteiger partial charge in [0.05, 0.1) is 29.2 Å². The molecule has 2 rings (SSSR count). The van der Waals surface area contributed by atoms with Gasteiger partial charge in [-0.3, -0.25) is 0 Å². The van der Waals surface area contributed by atoms with Gasteiger partial charge in [0.1, 0.15) is 5.75 Å². The summed E-state index contributed by atoms with van der Waals surface area (Å²) in [5, 5.41) is 10.0. The molecular formula is C20H24ClF6N2O2PS. The summed E-state index contributed by atoms with van der Waals surface area (Å²) in [5.74, 6) is 1.21. The van der Waals surface area contributed by atoms with Gasteiger partial charge in [-0.15, -0.1) is 0 Å². The van der Waals surface area contributed by atoms with Gasteiger partial charge in [-0.1, -0.05) is 62.2 Å². The molecule has 4 nitrogen and oxygen atoms in total. The molecule has 0 fully saturated rings. The Bertz CT molecular complexity index is 960. The van der Waals surface area contributed by atoms with Crippen LogP contribution in [0.4, 0.5) is 30.9 Å². The summed E-state index contributed by atoms with van der Waals surface area (Å²) >= 11 is 7.81. The fourth-order valence-corrected chi connectivity index (χ4v) is 3.40. The van der Waals surface area contributed by atoms with E-state index in [-0.39, 0.29) is 0 Å². The minimum absolute atomic E-state index is 0.371. The van der Waals surface area contributed by atoms with Crippen molar-refractivity contribution in [2.24, 2.45) is 0 Å². The maximum absolute atomic E-state index is 10.7. The second kappa shape index (κ2) is 11.5. The molecule has 0 bridgehead atoms. The van der Waals surface area contributed by atoms with Crippen molar-refractivity contribution in [2.45, 2.75) is 49.3 Å². The van der Waals surface area contributed by atoms with Gasteiger partial charge in [-0.25, -0.2) is 0 Å². The Morgan fingerprint density at radius 3 is 1.88 bits per heavy atom. The van der Waals surface area contributed by atoms with Crippen molar-refractivity contribution in [1.29, 1.82) is 5.39 Å². The van der Waals surface area contributed by atoms with Crippen LogP contribution in [0.5, 0.6) is 11.5 Å². The Hall–Kier alpha value is -1.89. The molecule has 0 heterocycles. The first-order valence-electron chi connectivity index (χ1n) is 9.92. The zero-order valence-electron chi connectivity index (χ0n) is 17.9. The van der Waals surface area contributed by atoms with Gasteiger partial charge in [0, 0.05) is 11.0 Å². The van der Waals surface area contributed by atoms with Crippen LogP contribution < -0.4 is 9.47 Å². The normalized spacial score (nSPS) is 13.1. The Balaban J connectivity index is 0.000000675. The summed E-state index contributed by atoms with van der Waals surface area (Å²) in [6, 6.07) is 11.2. The van der Waals surface area contributed by atoms with Crippen molar-refractivity contribution in [3.05, 3.63) is 46.4 Å². The summed E-state index contributed by atoms with van der Waals surface area (Å²) in [7, 11) is -10.7. The van der Waals surface area contributed by atoms with Crippen molar-refractivity contribution < 1.29 is 34.7 Å². The monoisotopic (exact) mass is 536 g/mol. The third kappa shape index (κ3) is 14.1. The molecule has 0 aliphatic heterocycles. The average Bonchev–Trinajstić information content (AvgIpc) is 2.69. The number of hydrogen-bond donors (Lipinski definition) is 0. The van der Waals surface area contributed by atoms with Gasteiger partial charge in [0.25, 0.3) is 0 Å². The van der Waals surface area contributed by atoms with E-state index in [9.17, 15) is 30.6 Å². The molecule has 186 valence electrons. The molecular weight excluding hydrogens is 513 g/mol. The quantitative estimate of drug-likeness (QED) is 0.131. The Morgan fingerprint density at radius 1 is 0.879 bits per heavy atom. The molecule has 0 aliphatic carbocycles. The molecule has 0 saturated carbocycles. The van der Waals surface area contributed by atoms with E-state index in [4.69, 9.17) is 21.1 Å². The van der Waals surface area contributed by atoms with Gasteiger partial charge in [-0.2, -0.15) is 0 Å². The molecule has 0 saturated heterocycles. The SMILES string of the molecule is CCCCOc1cc(Sc2ccccc2Cl)c(OCCCC)cc1[N+]#N.F[P-](F)(F)(F)(F)F. The van der Waals surface area contributed by atoms with Crippen LogP contribution in [0.15, 0.2) is 46.2 Å². The van der Waals surface area contributed by atoms with E-state index in [0.717, 1.165) is 35.5 Å². The fourth-order valence-electron chi connectivity index (χ4n) is 2.22. The van der Waals surface area contributed by atoms with Crippen LogP contribution >= 0.6 is 31.2 Å². The van der Waals surface area contributed by atoms with E-state index in [2.05, 4.69) is 18.8 Å². The molecule has 0 aromatic heterocycles. The molecule has 2 aromatic carbocycles. The number of nitrogens with zero attached hydrogens (tertiary/aromatic N) is 2. The molecule has 0 radical (unpaired) electrons. The zero-order valence-corrected chi connectivity index (χ0v) is 20.4. The van der Waals surface area contributed by atoms with Crippen LogP contribution in [0, 0.1) is 5.39 Å². The number of hydrogen-bond acceptors (Lipinski definition) is 4. The van der Waals surface area contributed by atoms with Gasteiger partial charge in [0.15, 0.2) is 4.98 Å². The summed E-state index contributed by atoms with van der Waals surface area (Å²) < 4.78 is 70.9. The first-order chi connectivity index (χ1) is 15.1. The zero-order chi connectivity index (χ0) is 25.2. The first kappa shape index (κ1) is 29.1. The van der Waals surface area contributed by atoms with Crippen molar-refractivity contribution in [3.63, 3.8) is 0 Å². The Labute approximate surface area is 197 Å². The number of rotatable bonds is 10. The predicted molar refractivity (Wildman–Crippen MR) is 121 cm³/mol. The van der Waals surface area contributed by atoms with Gasteiger partial charge < -0.3 is 9.47 Å². The fraction of sp³-hybridized carbons (Fsp3) is 0.400. The van der Waals surface area contributed by atoms with E-state index in [0.29, 0.717) is 35.4 Å². The number of unbranched alkanes of at least 4 members (excludes halogenated alkanes) is 2. The maximum atomic E-state index is 9.87. The molecule has 0 aliphatic rings. The van der Waals surface area contributed by atoms with E-state index < -0.39 is 7.81 Å². The summed E-state index contributed by atoms with van der Waals surface area (Å²) in [6.07, 6.45) is 3.97. The molecule has 33 heavy (non-hydrogen) atoms. The van der Waals surface area contributed by atoms with Crippen molar-refractivity contribution in [1.82, 2.24) is 0 Å². The van der Waals surface area contributed by atoms with Gasteiger partial charge in [0.2, 0.25) is 11.1 Å². The molecule has 2 aromatic rings. The molecule has 0 unspecified atom stereocenters. The van der Waals surface area contributed by atoms with Crippen molar-refractivity contribution in [3.8, 4) is 11.5 Å². The van der Waals surface area contributed by atoms with Crippen molar-refractivity contribution >= 4 is 36.9 Å². The predicted octanol–water partition coefficient (Wildman–Crippen LogP) is 10.7. The number of benzene rings is 2. The second-order valence-electron chi connectivity index (χ2n) is 6.76. The molecule has 13 heteroatoms. The second-order valence-corrected chi connectivity index (χ2v) is 10.2. The number of ether oxygens (including phenoxy) is 2. The molecule has 0 spiro atoms. The third-order valence-electron chi connectivity index (χ3n) is 3.70. The molecule has 0 N–H and O–H groups in total. The summed E-state index contributed by atoms with van der Waals surface area (Å²) in [6.45, 7) is 5.39. The topological polar surface area (TPSA) is 46.6 Å². The van der Waals surface area contributed by atoms with Crippen LogP contribution in [-0.4, -0.2) is 13.2 Å². The van der Waals surface area contributed by atoms with Crippen LogP contribution in [-0.2, 0) is 0 Å². The Kier molecular flexibility index (Phi) is 10.2. The Morgan fingerprint density at radius 2 is 1.39 bits per heavy atom. The van der Waals surface area contributed by atoms with E-state index in [1.54, 1.807) is 6.07 Å². The van der Waals surface area contributed by atoms with Crippen LogP contribution in [0.25, 0.3) is 4.98 Å². The van der Waals surface area contributed by atoms with Crippen LogP contribution in [0.2, 0.25) is 5.02 Å². The number of diazo groups is 1.